The SMILES string of the molecule is COC(=O)[C@H]1CNCC[C@H]1CCCc1ccnc2ccc(OC)cc12.Cl. The molecule has 6 heteroatoms. The highest BCUT2D eigenvalue weighted by Gasteiger charge is 2.31. The molecule has 2 atom stereocenters. The molecule has 1 aliphatic heterocycles. The molecule has 1 N–H and O–H groups in total. The van der Waals surface area contributed by atoms with E-state index in [2.05, 4.69) is 22.4 Å². The average molecular weight is 379 g/mol. The van der Waals surface area contributed by atoms with Gasteiger partial charge in [0.25, 0.3) is 0 Å². The van der Waals surface area contributed by atoms with Crippen molar-refractivity contribution in [1.82, 2.24) is 10.3 Å². The molecule has 3 rings (SSSR count). The van der Waals surface area contributed by atoms with Gasteiger partial charge in [0.1, 0.15) is 5.75 Å². The lowest BCUT2D eigenvalue weighted by Crippen LogP contribution is -2.41. The summed E-state index contributed by atoms with van der Waals surface area (Å²) < 4.78 is 10.3. The molecule has 0 bridgehead atoms. The minimum Gasteiger partial charge on any atom is -0.497 e. The van der Waals surface area contributed by atoms with Gasteiger partial charge >= 0.3 is 5.97 Å². The number of nitrogens with one attached hydrogen (secondary N) is 1. The van der Waals surface area contributed by atoms with Crippen LogP contribution >= 0.6 is 12.4 Å². The highest BCUT2D eigenvalue weighted by Crippen LogP contribution is 2.28. The highest BCUT2D eigenvalue weighted by molar-refractivity contribution is 5.85. The summed E-state index contributed by atoms with van der Waals surface area (Å²) >= 11 is 0. The predicted octanol–water partition coefficient (Wildman–Crippen LogP) is 3.39. The Morgan fingerprint density at radius 1 is 1.31 bits per heavy atom. The number of esters is 1. The summed E-state index contributed by atoms with van der Waals surface area (Å²) in [6.45, 7) is 1.71. The number of ether oxygens (including phenoxy) is 2. The van der Waals surface area contributed by atoms with Crippen LogP contribution in [0.2, 0.25) is 0 Å². The number of aryl methyl sites for hydroxylation is 1. The van der Waals surface area contributed by atoms with Crippen molar-refractivity contribution in [3.05, 3.63) is 36.0 Å². The standard InChI is InChI=1S/C20H26N2O3.ClH/c1-24-16-6-7-19-17(12-16)14(9-11-22-19)4-3-5-15-8-10-21-13-18(15)20(23)25-2;/h6-7,9,11-12,15,18,21H,3-5,8,10,13H2,1-2H3;1H/t15-,18+;/m1./s1. The Hall–Kier alpha value is -1.85. The molecule has 2 aromatic rings. The second kappa shape index (κ2) is 9.74. The number of hydrogen-bond donors (Lipinski definition) is 1. The average Bonchev–Trinajstić information content (AvgIpc) is 2.67. The van der Waals surface area contributed by atoms with Crippen molar-refractivity contribution in [2.75, 3.05) is 27.3 Å². The van der Waals surface area contributed by atoms with Crippen LogP contribution in [0.1, 0.15) is 24.8 Å². The number of halogens is 1. The number of carbonyl (C=O) groups excluding carboxylic acids is 1. The van der Waals surface area contributed by atoms with Gasteiger partial charge in [-0.3, -0.25) is 9.78 Å². The summed E-state index contributed by atoms with van der Waals surface area (Å²) in [7, 11) is 3.16. The molecule has 5 nitrogen and oxygen atoms in total. The van der Waals surface area contributed by atoms with Crippen molar-refractivity contribution in [3.63, 3.8) is 0 Å². The van der Waals surface area contributed by atoms with Gasteiger partial charge in [0.15, 0.2) is 0 Å². The fourth-order valence-electron chi connectivity index (χ4n) is 3.77. The first-order chi connectivity index (χ1) is 12.2. The first-order valence-electron chi connectivity index (χ1n) is 8.93. The first kappa shape index (κ1) is 20.5. The summed E-state index contributed by atoms with van der Waals surface area (Å²) in [6.07, 6.45) is 5.96. The van der Waals surface area contributed by atoms with Crippen LogP contribution < -0.4 is 10.1 Å². The van der Waals surface area contributed by atoms with Crippen LogP contribution in [-0.2, 0) is 16.0 Å². The van der Waals surface area contributed by atoms with Crippen LogP contribution in [0.4, 0.5) is 0 Å². The molecule has 0 unspecified atom stereocenters. The molecule has 0 spiro atoms. The van der Waals surface area contributed by atoms with Crippen molar-refractivity contribution in [1.29, 1.82) is 0 Å². The number of pyridine rings is 1. The van der Waals surface area contributed by atoms with Gasteiger partial charge in [-0.2, -0.15) is 0 Å². The van der Waals surface area contributed by atoms with Gasteiger partial charge in [-0.05, 0) is 68.0 Å². The number of aromatic nitrogens is 1. The largest absolute Gasteiger partial charge is 0.497 e. The number of methoxy groups -OCH3 is 2. The lowest BCUT2D eigenvalue weighted by atomic mass is 9.82. The van der Waals surface area contributed by atoms with Crippen molar-refractivity contribution in [3.8, 4) is 5.75 Å². The van der Waals surface area contributed by atoms with Crippen LogP contribution in [0.25, 0.3) is 10.9 Å². The third-order valence-electron chi connectivity index (χ3n) is 5.19. The Kier molecular flexibility index (Phi) is 7.66. The monoisotopic (exact) mass is 378 g/mol. The van der Waals surface area contributed by atoms with Gasteiger partial charge in [0.05, 0.1) is 25.7 Å². The van der Waals surface area contributed by atoms with Crippen LogP contribution in [0.3, 0.4) is 0 Å². The minimum atomic E-state index is -0.0868. The zero-order valence-electron chi connectivity index (χ0n) is 15.4. The number of rotatable bonds is 6. The van der Waals surface area contributed by atoms with E-state index in [1.54, 1.807) is 7.11 Å². The smallest absolute Gasteiger partial charge is 0.310 e. The van der Waals surface area contributed by atoms with E-state index < -0.39 is 0 Å². The van der Waals surface area contributed by atoms with E-state index in [9.17, 15) is 4.79 Å². The molecular formula is C20H27ClN2O3. The van der Waals surface area contributed by atoms with Gasteiger partial charge in [-0.25, -0.2) is 0 Å². The fourth-order valence-corrected chi connectivity index (χ4v) is 3.77. The second-order valence-electron chi connectivity index (χ2n) is 6.63. The summed E-state index contributed by atoms with van der Waals surface area (Å²) in [6, 6.07) is 8.08. The summed E-state index contributed by atoms with van der Waals surface area (Å²) in [5.41, 5.74) is 2.28. The summed E-state index contributed by atoms with van der Waals surface area (Å²) in [4.78, 5) is 16.4. The fraction of sp³-hybridized carbons (Fsp3) is 0.500. The number of piperidine rings is 1. The molecule has 2 heterocycles. The number of benzene rings is 1. The lowest BCUT2D eigenvalue weighted by Gasteiger charge is -2.30. The topological polar surface area (TPSA) is 60.5 Å². The van der Waals surface area contributed by atoms with Gasteiger partial charge < -0.3 is 14.8 Å². The molecule has 1 aromatic carbocycles. The van der Waals surface area contributed by atoms with Crippen molar-refractivity contribution in [2.45, 2.75) is 25.7 Å². The minimum absolute atomic E-state index is 0. The maximum atomic E-state index is 12.0. The first-order valence-corrected chi connectivity index (χ1v) is 8.93. The molecule has 0 amide bonds. The Labute approximate surface area is 160 Å². The summed E-state index contributed by atoms with van der Waals surface area (Å²) in [5.74, 6) is 1.14. The third kappa shape index (κ3) is 4.65. The molecule has 1 aromatic heterocycles. The molecule has 26 heavy (non-hydrogen) atoms. The van der Waals surface area contributed by atoms with E-state index in [1.165, 1.54) is 12.7 Å². The van der Waals surface area contributed by atoms with Crippen LogP contribution in [-0.4, -0.2) is 38.3 Å². The zero-order chi connectivity index (χ0) is 17.6. The molecule has 1 fully saturated rings. The van der Waals surface area contributed by atoms with Gasteiger partial charge in [0, 0.05) is 18.1 Å². The molecule has 0 aliphatic carbocycles. The molecule has 1 saturated heterocycles. The maximum absolute atomic E-state index is 12.0. The molecule has 1 aliphatic rings. The molecule has 0 radical (unpaired) electrons. The van der Waals surface area contributed by atoms with Gasteiger partial charge in [0.2, 0.25) is 0 Å². The van der Waals surface area contributed by atoms with Crippen LogP contribution in [0.5, 0.6) is 5.75 Å². The number of fused-ring (bicyclic) bond motifs is 1. The van der Waals surface area contributed by atoms with Crippen LogP contribution in [0, 0.1) is 11.8 Å². The zero-order valence-corrected chi connectivity index (χ0v) is 16.2. The normalized spacial score (nSPS) is 19.6. The van der Waals surface area contributed by atoms with E-state index in [0.717, 1.165) is 55.4 Å². The highest BCUT2D eigenvalue weighted by atomic mass is 35.5. The number of nitrogens with zero attached hydrogens (tertiary/aromatic N) is 1. The Morgan fingerprint density at radius 2 is 2.15 bits per heavy atom. The van der Waals surface area contributed by atoms with Crippen molar-refractivity contribution in [2.24, 2.45) is 11.8 Å². The van der Waals surface area contributed by atoms with E-state index in [0.29, 0.717) is 5.92 Å². The van der Waals surface area contributed by atoms with Gasteiger partial charge in [-0.1, -0.05) is 0 Å². The summed E-state index contributed by atoms with van der Waals surface area (Å²) in [5, 5.41) is 4.45. The quantitative estimate of drug-likeness (QED) is 0.781. The Bertz CT molecular complexity index is 738. The van der Waals surface area contributed by atoms with Crippen LogP contribution in [0.15, 0.2) is 30.5 Å². The molecular weight excluding hydrogens is 352 g/mol. The van der Waals surface area contributed by atoms with E-state index >= 15 is 0 Å². The second-order valence-corrected chi connectivity index (χ2v) is 6.63. The Balaban J connectivity index is 0.00000243. The lowest BCUT2D eigenvalue weighted by molar-refractivity contribution is -0.148. The van der Waals surface area contributed by atoms with E-state index in [4.69, 9.17) is 9.47 Å². The maximum Gasteiger partial charge on any atom is 0.310 e. The molecule has 0 saturated carbocycles. The van der Waals surface area contributed by atoms with Crippen molar-refractivity contribution >= 4 is 29.3 Å². The molecule has 142 valence electrons. The predicted molar refractivity (Wildman–Crippen MR) is 105 cm³/mol. The number of carbonyl (C=O) groups is 1. The van der Waals surface area contributed by atoms with E-state index in [-0.39, 0.29) is 24.3 Å². The number of hydrogen-bond acceptors (Lipinski definition) is 5. The van der Waals surface area contributed by atoms with Gasteiger partial charge in [-0.15, -0.1) is 12.4 Å². The Morgan fingerprint density at radius 3 is 2.92 bits per heavy atom. The van der Waals surface area contributed by atoms with Crippen molar-refractivity contribution < 1.29 is 14.3 Å². The third-order valence-corrected chi connectivity index (χ3v) is 5.19. The van der Waals surface area contributed by atoms with E-state index in [1.807, 2.05) is 18.3 Å².